The lowest BCUT2D eigenvalue weighted by Crippen LogP contribution is -2.47. The number of amides is 1. The minimum Gasteiger partial charge on any atom is -0.507 e. The number of anilines is 1. The molecule has 1 amide bonds. The summed E-state index contributed by atoms with van der Waals surface area (Å²) in [4.78, 5) is 52.9. The van der Waals surface area contributed by atoms with Gasteiger partial charge in [-0.1, -0.05) is 52.8 Å². The number of carbonyl (C=O) groups is 3. The van der Waals surface area contributed by atoms with Gasteiger partial charge in [0.25, 0.3) is 11.7 Å². The number of likely N-dealkylation sites (tertiary alicyclic amines) is 1. The third-order valence-electron chi connectivity index (χ3n) is 13.0. The van der Waals surface area contributed by atoms with Crippen LogP contribution in [0.25, 0.3) is 10.8 Å². The van der Waals surface area contributed by atoms with Gasteiger partial charge in [0.1, 0.15) is 34.0 Å². The van der Waals surface area contributed by atoms with Gasteiger partial charge in [-0.3, -0.25) is 19.4 Å². The molecule has 1 saturated heterocycles. The van der Waals surface area contributed by atoms with Crippen molar-refractivity contribution in [1.82, 2.24) is 4.90 Å². The molecule has 338 valence electrons. The number of hydrogen-bond donors (Lipinski definition) is 6. The van der Waals surface area contributed by atoms with E-state index in [9.17, 15) is 39.9 Å². The number of Topliss-reactive ketones (excluding diaryl/α,β-unsaturated/α-hetero) is 1. The van der Waals surface area contributed by atoms with Gasteiger partial charge in [0.2, 0.25) is 0 Å². The maximum atomic E-state index is 14.7. The number of esters is 1. The minimum atomic E-state index is -1.97. The van der Waals surface area contributed by atoms with Crippen LogP contribution in [0.4, 0.5) is 5.69 Å². The number of phenolic OH excluding ortho intramolecular Hbond substituents is 2. The number of aromatic hydroxyl groups is 2. The summed E-state index contributed by atoms with van der Waals surface area (Å²) >= 11 is 0. The van der Waals surface area contributed by atoms with Crippen molar-refractivity contribution in [3.8, 4) is 17.2 Å². The van der Waals surface area contributed by atoms with Gasteiger partial charge >= 0.3 is 11.8 Å². The van der Waals surface area contributed by atoms with Gasteiger partial charge in [-0.25, -0.2) is 4.99 Å². The van der Waals surface area contributed by atoms with E-state index in [4.69, 9.17) is 23.9 Å². The first-order valence-corrected chi connectivity index (χ1v) is 21.4. The highest BCUT2D eigenvalue weighted by molar-refractivity contribution is 6.21. The van der Waals surface area contributed by atoms with Crippen LogP contribution in [0, 0.1) is 36.5 Å². The molecule has 9 atom stereocenters. The Morgan fingerprint density at radius 2 is 1.68 bits per heavy atom. The van der Waals surface area contributed by atoms with Crippen molar-refractivity contribution in [3.63, 3.8) is 0 Å². The summed E-state index contributed by atoms with van der Waals surface area (Å²) in [6.07, 6.45) is 4.12. The zero-order valence-corrected chi connectivity index (χ0v) is 37.3. The Morgan fingerprint density at radius 1 is 1.00 bits per heavy atom. The number of ether oxygens (including phenoxy) is 4. The molecule has 6 rings (SSSR count). The number of phenols is 2. The van der Waals surface area contributed by atoms with Crippen LogP contribution >= 0.6 is 0 Å². The molecule has 62 heavy (non-hydrogen) atoms. The van der Waals surface area contributed by atoms with Crippen molar-refractivity contribution in [2.75, 3.05) is 38.7 Å². The van der Waals surface area contributed by atoms with Crippen LogP contribution in [0.5, 0.6) is 17.2 Å². The highest BCUT2D eigenvalue weighted by Gasteiger charge is 2.51. The number of methoxy groups -OCH3 is 1. The predicted molar refractivity (Wildman–Crippen MR) is 229 cm³/mol. The molecule has 1 spiro atoms. The second-order valence-corrected chi connectivity index (χ2v) is 18.0. The number of ketones is 1. The standard InChI is InChI=1S/C46H62N4O12/c1-22(2)20-50-17-15-46(16-18-50)48-34-31-32-39(55)27(7)42-33(31)43(57)45(9,62-42)60-19-14-30(59-10)24(4)41(61-28(8)52)26(6)37(53)25(5)38(54)29(21-51)13-11-12-23(3)44(58)47-36(40(32)56)35(34)49-46/h11-14,19,22,24-26,29-30,37-38,41,48,51,53-56H,15-18,20-21H2,1-10H3/b13-11+,19-14+,23-12-,47-36?. The highest BCUT2D eigenvalue weighted by Crippen LogP contribution is 2.51. The van der Waals surface area contributed by atoms with E-state index in [-0.39, 0.29) is 43.9 Å². The molecule has 9 unspecified atom stereocenters. The van der Waals surface area contributed by atoms with Crippen molar-refractivity contribution in [3.05, 3.63) is 58.0 Å². The monoisotopic (exact) mass is 862 g/mol. The van der Waals surface area contributed by atoms with Crippen molar-refractivity contribution in [2.45, 2.75) is 111 Å². The average molecular weight is 863 g/mol. The number of allylic oxidation sites excluding steroid dienone is 2. The SMILES string of the molecule is COC1/C=C/OC2(C)Oc3c(C)c(O)c4c(O)c(c5c(c4c3C2=O)NC2(CCN(CC(C)C)CC2)N=5)=NC(=O)/C(C)=C\C=C\C(CO)C(O)C(C)C(O)C(C)C(OC(C)=O)C1C. The number of carbonyl (C=O) groups excluding carboxylic acids is 3. The van der Waals surface area contributed by atoms with Crippen molar-refractivity contribution in [1.29, 1.82) is 0 Å². The third-order valence-corrected chi connectivity index (χ3v) is 13.0. The van der Waals surface area contributed by atoms with Crippen molar-refractivity contribution >= 4 is 34.1 Å². The van der Waals surface area contributed by atoms with Crippen LogP contribution in [0.1, 0.15) is 84.2 Å². The van der Waals surface area contributed by atoms with Gasteiger partial charge in [0.05, 0.1) is 47.8 Å². The Bertz CT molecular complexity index is 2320. The summed E-state index contributed by atoms with van der Waals surface area (Å²) in [5, 5.41) is 60.8. The van der Waals surface area contributed by atoms with Crippen LogP contribution in [-0.2, 0) is 23.8 Å². The normalized spacial score (nSPS) is 32.3. The number of nitrogens with one attached hydrogen (secondary N) is 1. The number of hydrogen-bond acceptors (Lipinski definition) is 15. The van der Waals surface area contributed by atoms with Crippen molar-refractivity contribution < 1.29 is 58.9 Å². The minimum absolute atomic E-state index is 0.0347. The number of aliphatic hydroxyl groups excluding tert-OH is 3. The quantitative estimate of drug-likeness (QED) is 0.186. The summed E-state index contributed by atoms with van der Waals surface area (Å²) in [5.74, 6) is -7.46. The van der Waals surface area contributed by atoms with Crippen LogP contribution in [0.2, 0.25) is 0 Å². The van der Waals surface area contributed by atoms with Crippen molar-refractivity contribution in [2.24, 2.45) is 39.6 Å². The fourth-order valence-electron chi connectivity index (χ4n) is 9.29. The molecule has 0 aromatic heterocycles. The van der Waals surface area contributed by atoms with Gasteiger partial charge in [0, 0.05) is 93.6 Å². The lowest BCUT2D eigenvalue weighted by atomic mass is 9.78. The molecule has 2 aromatic carbocycles. The molecular formula is C46H62N4O12. The first-order chi connectivity index (χ1) is 29.2. The van der Waals surface area contributed by atoms with Gasteiger partial charge in [-0.15, -0.1) is 0 Å². The second kappa shape index (κ2) is 18.1. The van der Waals surface area contributed by atoms with E-state index in [0.717, 1.165) is 6.54 Å². The molecule has 4 bridgehead atoms. The largest absolute Gasteiger partial charge is 0.507 e. The molecule has 4 aliphatic rings. The Labute approximate surface area is 361 Å². The maximum Gasteiger partial charge on any atom is 0.312 e. The van der Waals surface area contributed by atoms with Crippen LogP contribution in [-0.4, -0.2) is 117 Å². The fourth-order valence-corrected chi connectivity index (χ4v) is 9.29. The smallest absolute Gasteiger partial charge is 0.312 e. The Morgan fingerprint density at radius 3 is 2.29 bits per heavy atom. The zero-order valence-electron chi connectivity index (χ0n) is 37.3. The molecule has 6 N–H and O–H groups in total. The number of piperidine rings is 1. The average Bonchev–Trinajstić information content (AvgIpc) is 3.73. The molecule has 0 saturated carbocycles. The Balaban J connectivity index is 1.56. The van der Waals surface area contributed by atoms with Gasteiger partial charge < -0.3 is 54.7 Å². The number of nitrogens with zero attached hydrogens (tertiary/aromatic N) is 3. The highest BCUT2D eigenvalue weighted by atomic mass is 16.7. The topological polar surface area (TPSA) is 229 Å². The van der Waals surface area contributed by atoms with Gasteiger partial charge in [0.15, 0.2) is 5.75 Å². The molecule has 2 aromatic rings. The zero-order chi connectivity index (χ0) is 45.6. The summed E-state index contributed by atoms with van der Waals surface area (Å²) in [6.45, 7) is 16.9. The van der Waals surface area contributed by atoms with E-state index in [1.54, 1.807) is 20.8 Å². The van der Waals surface area contributed by atoms with E-state index < -0.39 is 95.3 Å². The third kappa shape index (κ3) is 8.59. The summed E-state index contributed by atoms with van der Waals surface area (Å²) in [5.41, 5.74) is -0.275. The summed E-state index contributed by atoms with van der Waals surface area (Å²) < 4.78 is 23.9. The van der Waals surface area contributed by atoms with E-state index in [0.29, 0.717) is 37.5 Å². The summed E-state index contributed by atoms with van der Waals surface area (Å²) in [7, 11) is 1.44. The molecule has 16 nitrogen and oxygen atoms in total. The molecule has 0 aliphatic carbocycles. The van der Waals surface area contributed by atoms with E-state index in [1.807, 2.05) is 0 Å². The van der Waals surface area contributed by atoms with Gasteiger partial charge in [-0.2, -0.15) is 0 Å². The maximum absolute atomic E-state index is 14.7. The Kier molecular flexibility index (Phi) is 13.6. The summed E-state index contributed by atoms with van der Waals surface area (Å²) in [6, 6.07) is 0. The number of rotatable bonds is 5. The Hall–Kier alpha value is -4.87. The van der Waals surface area contributed by atoms with Crippen LogP contribution in [0.15, 0.2) is 46.1 Å². The first-order valence-electron chi connectivity index (χ1n) is 21.4. The lowest BCUT2D eigenvalue weighted by molar-refractivity contribution is -0.160. The second-order valence-electron chi connectivity index (χ2n) is 18.0. The molecule has 4 aliphatic heterocycles. The van der Waals surface area contributed by atoms with E-state index >= 15 is 0 Å². The number of fused-ring (bicyclic) bond motifs is 1. The fraction of sp³-hybridized carbons (Fsp3) is 0.587. The van der Waals surface area contributed by atoms with Crippen LogP contribution < -0.4 is 20.8 Å². The van der Waals surface area contributed by atoms with Crippen LogP contribution in [0.3, 0.4) is 0 Å². The molecule has 1 fully saturated rings. The van der Waals surface area contributed by atoms with E-state index in [1.165, 1.54) is 65.4 Å². The first kappa shape index (κ1) is 46.6. The molecular weight excluding hydrogens is 801 g/mol. The lowest BCUT2D eigenvalue weighted by Gasteiger charge is -2.38. The molecule has 0 radical (unpaired) electrons. The van der Waals surface area contributed by atoms with Gasteiger partial charge in [-0.05, 0) is 25.8 Å². The predicted octanol–water partition coefficient (Wildman–Crippen LogP) is 3.72. The number of benzene rings is 2. The molecule has 4 heterocycles. The number of aliphatic hydroxyl groups is 3. The molecule has 16 heteroatoms. The van der Waals surface area contributed by atoms with E-state index in [2.05, 4.69) is 29.1 Å².